The molecule has 0 saturated heterocycles. The molecule has 1 aromatic carbocycles. The summed E-state index contributed by atoms with van der Waals surface area (Å²) in [5, 5.41) is 5.28. The summed E-state index contributed by atoms with van der Waals surface area (Å²) < 4.78 is 1.96. The molecule has 0 saturated carbocycles. The summed E-state index contributed by atoms with van der Waals surface area (Å²) in [6, 6.07) is 8.20. The molecule has 1 heterocycles. The van der Waals surface area contributed by atoms with Crippen LogP contribution < -0.4 is 5.73 Å². The van der Waals surface area contributed by atoms with Gasteiger partial charge in [-0.3, -0.25) is 4.68 Å². The van der Waals surface area contributed by atoms with Crippen molar-refractivity contribution in [1.82, 2.24) is 9.78 Å². The van der Waals surface area contributed by atoms with Crippen molar-refractivity contribution in [2.75, 3.05) is 0 Å². The van der Waals surface area contributed by atoms with E-state index >= 15 is 0 Å². The van der Waals surface area contributed by atoms with Crippen molar-refractivity contribution in [1.29, 1.82) is 0 Å². The third-order valence-corrected chi connectivity index (χ3v) is 3.49. The summed E-state index contributed by atoms with van der Waals surface area (Å²) in [5.41, 5.74) is 9.55. The van der Waals surface area contributed by atoms with Gasteiger partial charge >= 0.3 is 0 Å². The lowest BCUT2D eigenvalue weighted by atomic mass is 9.98. The van der Waals surface area contributed by atoms with Crippen LogP contribution in [0.5, 0.6) is 0 Å². The fraction of sp³-hybridized carbons (Fsp3) is 0.400. The molecule has 0 radical (unpaired) electrons. The van der Waals surface area contributed by atoms with E-state index in [-0.39, 0.29) is 6.04 Å². The Kier molecular flexibility index (Phi) is 4.27. The SMILES string of the molecule is Cc1cc(Cl)ccc1C(N)Cc1ccn(C(C)C)n1. The molecular weight excluding hydrogens is 258 g/mol. The van der Waals surface area contributed by atoms with Gasteiger partial charge in [0.15, 0.2) is 0 Å². The number of hydrogen-bond donors (Lipinski definition) is 1. The molecule has 2 aromatic rings. The minimum atomic E-state index is -0.0484. The number of nitrogens with zero attached hydrogens (tertiary/aromatic N) is 2. The van der Waals surface area contributed by atoms with Crippen molar-refractivity contribution in [2.45, 2.75) is 39.3 Å². The lowest BCUT2D eigenvalue weighted by Crippen LogP contribution is -2.15. The van der Waals surface area contributed by atoms with Gasteiger partial charge in [-0.05, 0) is 50.1 Å². The first-order valence-electron chi connectivity index (χ1n) is 6.53. The first-order chi connectivity index (χ1) is 8.97. The molecule has 1 atom stereocenters. The molecule has 19 heavy (non-hydrogen) atoms. The molecule has 0 bridgehead atoms. The van der Waals surface area contributed by atoms with E-state index in [1.807, 2.05) is 42.1 Å². The molecule has 2 rings (SSSR count). The fourth-order valence-electron chi connectivity index (χ4n) is 2.16. The third-order valence-electron chi connectivity index (χ3n) is 3.25. The maximum Gasteiger partial charge on any atom is 0.0643 e. The molecule has 1 aromatic heterocycles. The Morgan fingerprint density at radius 3 is 2.63 bits per heavy atom. The van der Waals surface area contributed by atoms with Crippen LogP contribution in [-0.2, 0) is 6.42 Å². The van der Waals surface area contributed by atoms with Gasteiger partial charge < -0.3 is 5.73 Å². The van der Waals surface area contributed by atoms with Crippen molar-refractivity contribution >= 4 is 11.6 Å². The van der Waals surface area contributed by atoms with E-state index in [0.29, 0.717) is 6.04 Å². The van der Waals surface area contributed by atoms with Crippen LogP contribution in [0.4, 0.5) is 0 Å². The largest absolute Gasteiger partial charge is 0.324 e. The highest BCUT2D eigenvalue weighted by molar-refractivity contribution is 6.30. The average Bonchev–Trinajstić information content (AvgIpc) is 2.77. The summed E-state index contributed by atoms with van der Waals surface area (Å²) in [4.78, 5) is 0. The fourth-order valence-corrected chi connectivity index (χ4v) is 2.39. The molecule has 0 fully saturated rings. The van der Waals surface area contributed by atoms with E-state index in [4.69, 9.17) is 17.3 Å². The van der Waals surface area contributed by atoms with Crippen LogP contribution in [0, 0.1) is 6.92 Å². The number of rotatable bonds is 4. The standard InChI is InChI=1S/C15H20ClN3/c1-10(2)19-7-6-13(18-19)9-15(17)14-5-4-12(16)8-11(14)3/h4-8,10,15H,9,17H2,1-3H3. The van der Waals surface area contributed by atoms with Gasteiger partial charge in [0.25, 0.3) is 0 Å². The second kappa shape index (κ2) is 5.76. The van der Waals surface area contributed by atoms with E-state index in [1.54, 1.807) is 0 Å². The molecule has 0 spiro atoms. The Morgan fingerprint density at radius 1 is 1.32 bits per heavy atom. The Balaban J connectivity index is 2.13. The predicted molar refractivity (Wildman–Crippen MR) is 79.4 cm³/mol. The quantitative estimate of drug-likeness (QED) is 0.927. The Bertz CT molecular complexity index is 560. The smallest absolute Gasteiger partial charge is 0.0643 e. The van der Waals surface area contributed by atoms with Gasteiger partial charge in [0, 0.05) is 29.7 Å². The molecule has 0 aliphatic heterocycles. The van der Waals surface area contributed by atoms with Gasteiger partial charge in [0.05, 0.1) is 5.69 Å². The molecule has 4 heteroatoms. The predicted octanol–water partition coefficient (Wildman–Crippen LogP) is 3.67. The Hall–Kier alpha value is -1.32. The number of hydrogen-bond acceptors (Lipinski definition) is 2. The van der Waals surface area contributed by atoms with E-state index in [9.17, 15) is 0 Å². The Labute approximate surface area is 119 Å². The van der Waals surface area contributed by atoms with E-state index in [0.717, 1.165) is 28.3 Å². The minimum Gasteiger partial charge on any atom is -0.324 e. The summed E-state index contributed by atoms with van der Waals surface area (Å²) in [6.07, 6.45) is 2.74. The normalized spacial score (nSPS) is 12.9. The molecule has 3 nitrogen and oxygen atoms in total. The molecular formula is C15H20ClN3. The molecule has 0 aliphatic carbocycles. The second-order valence-corrected chi connectivity index (χ2v) is 5.63. The van der Waals surface area contributed by atoms with Gasteiger partial charge in [-0.15, -0.1) is 0 Å². The van der Waals surface area contributed by atoms with Gasteiger partial charge in [-0.1, -0.05) is 17.7 Å². The van der Waals surface area contributed by atoms with Crippen LogP contribution in [0.3, 0.4) is 0 Å². The molecule has 0 aliphatic rings. The van der Waals surface area contributed by atoms with Crippen LogP contribution >= 0.6 is 11.6 Å². The highest BCUT2D eigenvalue weighted by Crippen LogP contribution is 2.22. The first-order valence-corrected chi connectivity index (χ1v) is 6.91. The van der Waals surface area contributed by atoms with Crippen LogP contribution in [0.2, 0.25) is 5.02 Å². The van der Waals surface area contributed by atoms with Crippen molar-refractivity contribution in [3.05, 3.63) is 52.3 Å². The van der Waals surface area contributed by atoms with Crippen LogP contribution in [-0.4, -0.2) is 9.78 Å². The Morgan fingerprint density at radius 2 is 2.05 bits per heavy atom. The second-order valence-electron chi connectivity index (χ2n) is 5.19. The number of aryl methyl sites for hydroxylation is 1. The number of nitrogens with two attached hydrogens (primary N) is 1. The zero-order chi connectivity index (χ0) is 14.0. The van der Waals surface area contributed by atoms with Crippen molar-refractivity contribution in [3.63, 3.8) is 0 Å². The summed E-state index contributed by atoms with van der Waals surface area (Å²) in [5.74, 6) is 0. The topological polar surface area (TPSA) is 43.8 Å². The summed E-state index contributed by atoms with van der Waals surface area (Å²) in [6.45, 7) is 6.26. The maximum atomic E-state index is 6.27. The molecule has 2 N–H and O–H groups in total. The van der Waals surface area contributed by atoms with Gasteiger partial charge in [0.2, 0.25) is 0 Å². The number of benzene rings is 1. The monoisotopic (exact) mass is 277 g/mol. The lowest BCUT2D eigenvalue weighted by molar-refractivity contribution is 0.522. The summed E-state index contributed by atoms with van der Waals surface area (Å²) in [7, 11) is 0. The van der Waals surface area contributed by atoms with Gasteiger partial charge in [-0.2, -0.15) is 5.10 Å². The minimum absolute atomic E-state index is 0.0484. The first kappa shape index (κ1) is 14.1. The van der Waals surface area contributed by atoms with Crippen LogP contribution in [0.25, 0.3) is 0 Å². The maximum absolute atomic E-state index is 6.27. The molecule has 1 unspecified atom stereocenters. The van der Waals surface area contributed by atoms with Crippen molar-refractivity contribution < 1.29 is 0 Å². The molecule has 102 valence electrons. The van der Waals surface area contributed by atoms with Crippen LogP contribution in [0.1, 0.15) is 42.8 Å². The van der Waals surface area contributed by atoms with E-state index < -0.39 is 0 Å². The van der Waals surface area contributed by atoms with Crippen LogP contribution in [0.15, 0.2) is 30.5 Å². The highest BCUT2D eigenvalue weighted by atomic mass is 35.5. The van der Waals surface area contributed by atoms with E-state index in [2.05, 4.69) is 18.9 Å². The number of halogens is 1. The summed E-state index contributed by atoms with van der Waals surface area (Å²) >= 11 is 5.96. The number of aromatic nitrogens is 2. The van der Waals surface area contributed by atoms with Crippen molar-refractivity contribution in [2.24, 2.45) is 5.73 Å². The van der Waals surface area contributed by atoms with E-state index in [1.165, 1.54) is 0 Å². The zero-order valence-corrected chi connectivity index (χ0v) is 12.4. The lowest BCUT2D eigenvalue weighted by Gasteiger charge is -2.14. The highest BCUT2D eigenvalue weighted by Gasteiger charge is 2.12. The molecule has 0 amide bonds. The van der Waals surface area contributed by atoms with Crippen molar-refractivity contribution in [3.8, 4) is 0 Å². The average molecular weight is 278 g/mol. The van der Waals surface area contributed by atoms with Gasteiger partial charge in [-0.25, -0.2) is 0 Å². The zero-order valence-electron chi connectivity index (χ0n) is 11.6. The third kappa shape index (κ3) is 3.37. The van der Waals surface area contributed by atoms with Gasteiger partial charge in [0.1, 0.15) is 0 Å².